The van der Waals surface area contributed by atoms with E-state index in [2.05, 4.69) is 19.1 Å². The van der Waals surface area contributed by atoms with E-state index in [1.54, 1.807) is 0 Å². The summed E-state index contributed by atoms with van der Waals surface area (Å²) in [6, 6.07) is 4.33. The lowest BCUT2D eigenvalue weighted by molar-refractivity contribution is 0.00638. The fourth-order valence-electron chi connectivity index (χ4n) is 3.29. The van der Waals surface area contributed by atoms with Crippen molar-refractivity contribution in [2.24, 2.45) is 0 Å². The quantitative estimate of drug-likeness (QED) is 0.825. The van der Waals surface area contributed by atoms with Gasteiger partial charge >= 0.3 is 0 Å². The molecule has 0 heterocycles. The standard InChI is InChI=1S/C18H27ClO2/c1-3-6-17(20)18(21)9-12(2)15-10-13-7-4-5-8-14(13)11-16(15)19/h10-12,17-18,20-21H,3-9H2,1-2H3. The molecule has 0 amide bonds. The number of aliphatic hydroxyl groups is 2. The second-order valence-electron chi connectivity index (χ2n) is 6.41. The number of rotatable bonds is 6. The zero-order valence-electron chi connectivity index (χ0n) is 13.1. The summed E-state index contributed by atoms with van der Waals surface area (Å²) in [6.07, 6.45) is 5.54. The van der Waals surface area contributed by atoms with Crippen LogP contribution >= 0.6 is 11.6 Å². The molecule has 1 aromatic rings. The number of fused-ring (bicyclic) bond motifs is 1. The van der Waals surface area contributed by atoms with Crippen LogP contribution in [-0.4, -0.2) is 22.4 Å². The average molecular weight is 311 g/mol. The molecule has 0 aromatic heterocycles. The van der Waals surface area contributed by atoms with Crippen LogP contribution in [0.15, 0.2) is 12.1 Å². The molecule has 0 saturated carbocycles. The lowest BCUT2D eigenvalue weighted by Gasteiger charge is -2.24. The molecule has 1 aliphatic rings. The molecule has 2 nitrogen and oxygen atoms in total. The van der Waals surface area contributed by atoms with Gasteiger partial charge in [-0.15, -0.1) is 0 Å². The highest BCUT2D eigenvalue weighted by Crippen LogP contribution is 2.34. The van der Waals surface area contributed by atoms with E-state index in [1.807, 2.05) is 6.92 Å². The van der Waals surface area contributed by atoms with Gasteiger partial charge in [-0.05, 0) is 67.2 Å². The largest absolute Gasteiger partial charge is 0.390 e. The molecule has 2 N–H and O–H groups in total. The van der Waals surface area contributed by atoms with Crippen molar-refractivity contribution < 1.29 is 10.2 Å². The molecule has 0 saturated heterocycles. The summed E-state index contributed by atoms with van der Waals surface area (Å²) in [7, 11) is 0. The van der Waals surface area contributed by atoms with Gasteiger partial charge in [-0.2, -0.15) is 0 Å². The normalized spacial score (nSPS) is 18.9. The van der Waals surface area contributed by atoms with E-state index in [1.165, 1.54) is 24.0 Å². The highest BCUT2D eigenvalue weighted by atomic mass is 35.5. The Balaban J connectivity index is 2.10. The summed E-state index contributed by atoms with van der Waals surface area (Å²) >= 11 is 6.44. The van der Waals surface area contributed by atoms with Gasteiger partial charge in [0, 0.05) is 5.02 Å². The zero-order chi connectivity index (χ0) is 15.4. The Morgan fingerprint density at radius 2 is 1.71 bits per heavy atom. The van der Waals surface area contributed by atoms with E-state index in [0.717, 1.165) is 29.8 Å². The molecule has 0 aliphatic heterocycles. The highest BCUT2D eigenvalue weighted by molar-refractivity contribution is 6.31. The van der Waals surface area contributed by atoms with Gasteiger partial charge in [0.1, 0.15) is 0 Å². The first-order valence-corrected chi connectivity index (χ1v) is 8.58. The van der Waals surface area contributed by atoms with Gasteiger partial charge in [-0.3, -0.25) is 0 Å². The fourth-order valence-corrected chi connectivity index (χ4v) is 3.66. The summed E-state index contributed by atoms with van der Waals surface area (Å²) in [5.41, 5.74) is 3.91. The summed E-state index contributed by atoms with van der Waals surface area (Å²) in [5, 5.41) is 20.8. The van der Waals surface area contributed by atoms with Crippen molar-refractivity contribution in [3.8, 4) is 0 Å². The van der Waals surface area contributed by atoms with Crippen LogP contribution < -0.4 is 0 Å². The molecule has 0 radical (unpaired) electrons. The molecule has 3 unspecified atom stereocenters. The lowest BCUT2D eigenvalue weighted by Crippen LogP contribution is -2.27. The number of hydrogen-bond acceptors (Lipinski definition) is 2. The van der Waals surface area contributed by atoms with E-state index < -0.39 is 12.2 Å². The molecule has 0 spiro atoms. The molecule has 3 atom stereocenters. The summed E-state index contributed by atoms with van der Waals surface area (Å²) in [5.74, 6) is 0.159. The first-order valence-electron chi connectivity index (χ1n) is 8.20. The first kappa shape index (κ1) is 16.8. The van der Waals surface area contributed by atoms with Gasteiger partial charge < -0.3 is 10.2 Å². The highest BCUT2D eigenvalue weighted by Gasteiger charge is 2.22. The Morgan fingerprint density at radius 1 is 1.10 bits per heavy atom. The van der Waals surface area contributed by atoms with Crippen molar-refractivity contribution in [3.05, 3.63) is 33.8 Å². The molecule has 118 valence electrons. The van der Waals surface area contributed by atoms with Crippen LogP contribution in [0.4, 0.5) is 0 Å². The predicted molar refractivity (Wildman–Crippen MR) is 88.0 cm³/mol. The monoisotopic (exact) mass is 310 g/mol. The third kappa shape index (κ3) is 4.21. The van der Waals surface area contributed by atoms with E-state index in [9.17, 15) is 10.2 Å². The second-order valence-corrected chi connectivity index (χ2v) is 6.82. The van der Waals surface area contributed by atoms with Crippen LogP contribution in [0, 0.1) is 0 Å². The van der Waals surface area contributed by atoms with Crippen molar-refractivity contribution in [3.63, 3.8) is 0 Å². The number of aliphatic hydroxyl groups excluding tert-OH is 2. The van der Waals surface area contributed by atoms with Gasteiger partial charge in [0.05, 0.1) is 12.2 Å². The van der Waals surface area contributed by atoms with Crippen molar-refractivity contribution in [2.45, 2.75) is 76.9 Å². The van der Waals surface area contributed by atoms with E-state index in [4.69, 9.17) is 11.6 Å². The van der Waals surface area contributed by atoms with Crippen LogP contribution in [-0.2, 0) is 12.8 Å². The number of halogens is 1. The summed E-state index contributed by atoms with van der Waals surface area (Å²) in [6.45, 7) is 4.10. The van der Waals surface area contributed by atoms with Crippen LogP contribution in [0.3, 0.4) is 0 Å². The number of aryl methyl sites for hydroxylation is 2. The molecular formula is C18H27ClO2. The predicted octanol–water partition coefficient (Wildman–Crippen LogP) is 4.23. The first-order chi connectivity index (χ1) is 10.0. The maximum atomic E-state index is 10.1. The van der Waals surface area contributed by atoms with Gasteiger partial charge in [0.25, 0.3) is 0 Å². The van der Waals surface area contributed by atoms with Crippen LogP contribution in [0.5, 0.6) is 0 Å². The molecular weight excluding hydrogens is 284 g/mol. The Hall–Kier alpha value is -0.570. The maximum Gasteiger partial charge on any atom is 0.0804 e. The van der Waals surface area contributed by atoms with E-state index in [0.29, 0.717) is 12.8 Å². The topological polar surface area (TPSA) is 40.5 Å². The Labute approximate surface area is 133 Å². The molecule has 3 heteroatoms. The van der Waals surface area contributed by atoms with E-state index in [-0.39, 0.29) is 5.92 Å². The van der Waals surface area contributed by atoms with Crippen LogP contribution in [0.2, 0.25) is 5.02 Å². The van der Waals surface area contributed by atoms with Gasteiger partial charge in [-0.25, -0.2) is 0 Å². The van der Waals surface area contributed by atoms with Gasteiger partial charge in [0.2, 0.25) is 0 Å². The minimum atomic E-state index is -0.674. The Morgan fingerprint density at radius 3 is 2.33 bits per heavy atom. The number of hydrogen-bond donors (Lipinski definition) is 2. The van der Waals surface area contributed by atoms with E-state index >= 15 is 0 Å². The summed E-state index contributed by atoms with van der Waals surface area (Å²) in [4.78, 5) is 0. The molecule has 0 bridgehead atoms. The summed E-state index contributed by atoms with van der Waals surface area (Å²) < 4.78 is 0. The molecule has 2 rings (SSSR count). The molecule has 1 aromatic carbocycles. The van der Waals surface area contributed by atoms with Crippen molar-refractivity contribution in [1.82, 2.24) is 0 Å². The van der Waals surface area contributed by atoms with Crippen LogP contribution in [0.25, 0.3) is 0 Å². The Kier molecular flexibility index (Phi) is 6.09. The lowest BCUT2D eigenvalue weighted by atomic mass is 9.86. The molecule has 1 aliphatic carbocycles. The van der Waals surface area contributed by atoms with Crippen molar-refractivity contribution in [2.75, 3.05) is 0 Å². The number of benzene rings is 1. The molecule has 0 fully saturated rings. The van der Waals surface area contributed by atoms with Crippen molar-refractivity contribution >= 4 is 11.6 Å². The minimum absolute atomic E-state index is 0.159. The Bertz CT molecular complexity index is 473. The molecule has 21 heavy (non-hydrogen) atoms. The smallest absolute Gasteiger partial charge is 0.0804 e. The maximum absolute atomic E-state index is 10.1. The van der Waals surface area contributed by atoms with Crippen molar-refractivity contribution in [1.29, 1.82) is 0 Å². The van der Waals surface area contributed by atoms with Gasteiger partial charge in [0.15, 0.2) is 0 Å². The van der Waals surface area contributed by atoms with Gasteiger partial charge in [-0.1, -0.05) is 37.9 Å². The fraction of sp³-hybridized carbons (Fsp3) is 0.667. The average Bonchev–Trinajstić information content (AvgIpc) is 2.46. The zero-order valence-corrected chi connectivity index (χ0v) is 13.9. The second kappa shape index (κ2) is 7.62. The minimum Gasteiger partial charge on any atom is -0.390 e. The third-order valence-corrected chi connectivity index (χ3v) is 4.94. The third-order valence-electron chi connectivity index (χ3n) is 4.62. The SMILES string of the molecule is CCCC(O)C(O)CC(C)c1cc2c(cc1Cl)CCCC2. The van der Waals surface area contributed by atoms with Crippen LogP contribution in [0.1, 0.15) is 68.6 Å².